The van der Waals surface area contributed by atoms with Crippen molar-refractivity contribution < 1.29 is 4.74 Å². The lowest BCUT2D eigenvalue weighted by atomic mass is 10.1. The van der Waals surface area contributed by atoms with Crippen LogP contribution < -0.4 is 4.74 Å². The van der Waals surface area contributed by atoms with E-state index in [1.165, 1.54) is 0 Å². The lowest BCUT2D eigenvalue weighted by molar-refractivity contribution is 0.482. The Kier molecular flexibility index (Phi) is 3.78. The van der Waals surface area contributed by atoms with Gasteiger partial charge in [0.1, 0.15) is 11.5 Å². The van der Waals surface area contributed by atoms with E-state index >= 15 is 0 Å². The van der Waals surface area contributed by atoms with E-state index in [-0.39, 0.29) is 0 Å². The van der Waals surface area contributed by atoms with Crippen molar-refractivity contribution in [2.45, 2.75) is 6.92 Å². The van der Waals surface area contributed by atoms with Crippen molar-refractivity contribution in [3.8, 4) is 17.6 Å². The number of nitrogens with zero attached hydrogens (tertiary/aromatic N) is 1. The Balaban J connectivity index is 2.12. The second kappa shape index (κ2) is 5.70. The molecule has 0 unspecified atom stereocenters. The van der Waals surface area contributed by atoms with E-state index in [2.05, 4.69) is 6.07 Å². The summed E-state index contributed by atoms with van der Waals surface area (Å²) in [6.45, 7) is 1.79. The van der Waals surface area contributed by atoms with Crippen molar-refractivity contribution >= 4 is 6.08 Å². The highest BCUT2D eigenvalue weighted by atomic mass is 16.5. The van der Waals surface area contributed by atoms with Crippen LogP contribution in [0.15, 0.2) is 60.2 Å². The zero-order valence-electron chi connectivity index (χ0n) is 10.1. The molecule has 2 aromatic carbocycles. The van der Waals surface area contributed by atoms with Gasteiger partial charge in [-0.1, -0.05) is 30.3 Å². The molecule has 0 bridgehead atoms. The second-order valence-corrected chi connectivity index (χ2v) is 3.92. The summed E-state index contributed by atoms with van der Waals surface area (Å²) < 4.78 is 5.68. The van der Waals surface area contributed by atoms with Crippen LogP contribution in [0.4, 0.5) is 0 Å². The molecule has 0 fully saturated rings. The maximum atomic E-state index is 8.70. The van der Waals surface area contributed by atoms with Crippen molar-refractivity contribution in [1.82, 2.24) is 0 Å². The molecule has 0 amide bonds. The summed E-state index contributed by atoms with van der Waals surface area (Å²) in [6, 6.07) is 19.4. The summed E-state index contributed by atoms with van der Waals surface area (Å²) in [6.07, 6.45) is 1.84. The van der Waals surface area contributed by atoms with Gasteiger partial charge in [-0.2, -0.15) is 5.26 Å². The number of para-hydroxylation sites is 1. The van der Waals surface area contributed by atoms with E-state index in [0.717, 1.165) is 17.1 Å². The molecular weight excluding hydrogens is 222 g/mol. The number of benzene rings is 2. The Morgan fingerprint density at radius 3 is 2.22 bits per heavy atom. The summed E-state index contributed by atoms with van der Waals surface area (Å²) >= 11 is 0. The Bertz CT molecular complexity index is 577. The first kappa shape index (κ1) is 11.9. The number of hydrogen-bond donors (Lipinski definition) is 0. The van der Waals surface area contributed by atoms with Crippen LogP contribution in [0.3, 0.4) is 0 Å². The minimum atomic E-state index is 0.687. The van der Waals surface area contributed by atoms with Gasteiger partial charge in [-0.25, -0.2) is 0 Å². The van der Waals surface area contributed by atoms with E-state index in [1.54, 1.807) is 6.92 Å². The van der Waals surface area contributed by atoms with Gasteiger partial charge in [-0.15, -0.1) is 0 Å². The fourth-order valence-corrected chi connectivity index (χ4v) is 1.54. The molecular formula is C16H13NO. The molecule has 0 saturated carbocycles. The van der Waals surface area contributed by atoms with Gasteiger partial charge < -0.3 is 4.74 Å². The molecule has 0 atom stereocenters. The van der Waals surface area contributed by atoms with Crippen LogP contribution in [-0.4, -0.2) is 0 Å². The third-order valence-corrected chi connectivity index (χ3v) is 2.42. The molecule has 0 heterocycles. The van der Waals surface area contributed by atoms with Gasteiger partial charge in [0.2, 0.25) is 0 Å². The summed E-state index contributed by atoms with van der Waals surface area (Å²) in [5.41, 5.74) is 1.68. The molecule has 0 N–H and O–H groups in total. The Morgan fingerprint density at radius 2 is 1.61 bits per heavy atom. The third-order valence-electron chi connectivity index (χ3n) is 2.42. The maximum Gasteiger partial charge on any atom is 0.127 e. The highest BCUT2D eigenvalue weighted by Gasteiger charge is 1.96. The molecule has 2 rings (SSSR count). The molecule has 0 spiro atoms. The van der Waals surface area contributed by atoms with Crippen LogP contribution >= 0.6 is 0 Å². The van der Waals surface area contributed by atoms with Crippen molar-refractivity contribution in [3.05, 3.63) is 65.7 Å². The normalized spacial score (nSPS) is 10.8. The van der Waals surface area contributed by atoms with Crippen LogP contribution in [0, 0.1) is 11.3 Å². The number of ether oxygens (including phenoxy) is 1. The molecule has 0 aliphatic heterocycles. The molecule has 0 aliphatic rings. The molecule has 88 valence electrons. The summed E-state index contributed by atoms with van der Waals surface area (Å²) in [4.78, 5) is 0. The van der Waals surface area contributed by atoms with Gasteiger partial charge in [0.15, 0.2) is 0 Å². The van der Waals surface area contributed by atoms with E-state index in [4.69, 9.17) is 10.00 Å². The van der Waals surface area contributed by atoms with E-state index in [0.29, 0.717) is 5.57 Å². The first-order chi connectivity index (χ1) is 8.78. The zero-order chi connectivity index (χ0) is 12.8. The lowest BCUT2D eigenvalue weighted by Crippen LogP contribution is -1.83. The minimum absolute atomic E-state index is 0.687. The Hall–Kier alpha value is -2.53. The molecule has 0 aromatic heterocycles. The second-order valence-electron chi connectivity index (χ2n) is 3.92. The van der Waals surface area contributed by atoms with Gasteiger partial charge >= 0.3 is 0 Å². The highest BCUT2D eigenvalue weighted by molar-refractivity contribution is 5.57. The maximum absolute atomic E-state index is 8.70. The largest absolute Gasteiger partial charge is 0.457 e. The van der Waals surface area contributed by atoms with Crippen molar-refractivity contribution in [2.24, 2.45) is 0 Å². The van der Waals surface area contributed by atoms with Crippen molar-refractivity contribution in [2.75, 3.05) is 0 Å². The first-order valence-corrected chi connectivity index (χ1v) is 5.69. The molecule has 0 radical (unpaired) electrons. The third kappa shape index (κ3) is 3.23. The van der Waals surface area contributed by atoms with Crippen molar-refractivity contribution in [1.29, 1.82) is 5.26 Å². The fourth-order valence-electron chi connectivity index (χ4n) is 1.54. The van der Waals surface area contributed by atoms with Gasteiger partial charge in [0.25, 0.3) is 0 Å². The number of hydrogen-bond acceptors (Lipinski definition) is 2. The minimum Gasteiger partial charge on any atom is -0.457 e. The first-order valence-electron chi connectivity index (χ1n) is 5.69. The van der Waals surface area contributed by atoms with Gasteiger partial charge in [0, 0.05) is 5.57 Å². The van der Waals surface area contributed by atoms with Crippen molar-refractivity contribution in [3.63, 3.8) is 0 Å². The monoisotopic (exact) mass is 235 g/mol. The van der Waals surface area contributed by atoms with Crippen LogP contribution in [0.2, 0.25) is 0 Å². The predicted molar refractivity (Wildman–Crippen MR) is 72.2 cm³/mol. The van der Waals surface area contributed by atoms with E-state index < -0.39 is 0 Å². The standard InChI is InChI=1S/C16H13NO/c1-13(12-17)11-14-7-9-16(10-8-14)18-15-5-3-2-4-6-15/h2-11H,1H3/b13-11-. The Morgan fingerprint density at radius 1 is 1.00 bits per heavy atom. The summed E-state index contributed by atoms with van der Waals surface area (Å²) in [7, 11) is 0. The average molecular weight is 235 g/mol. The molecule has 0 aliphatic carbocycles. The Labute approximate surface area is 107 Å². The number of allylic oxidation sites excluding steroid dienone is 1. The fraction of sp³-hybridized carbons (Fsp3) is 0.0625. The van der Waals surface area contributed by atoms with Crippen LogP contribution in [0.25, 0.3) is 6.08 Å². The van der Waals surface area contributed by atoms with Gasteiger partial charge in [-0.3, -0.25) is 0 Å². The molecule has 18 heavy (non-hydrogen) atoms. The average Bonchev–Trinajstić information content (AvgIpc) is 2.42. The van der Waals surface area contributed by atoms with Gasteiger partial charge in [-0.05, 0) is 42.8 Å². The topological polar surface area (TPSA) is 33.0 Å². The lowest BCUT2D eigenvalue weighted by Gasteiger charge is -2.05. The SMILES string of the molecule is C/C(C#N)=C/c1ccc(Oc2ccccc2)cc1. The van der Waals surface area contributed by atoms with E-state index in [1.807, 2.05) is 60.7 Å². The number of nitriles is 1. The quantitative estimate of drug-likeness (QED) is 0.738. The van der Waals surface area contributed by atoms with Crippen LogP contribution in [0.1, 0.15) is 12.5 Å². The smallest absolute Gasteiger partial charge is 0.127 e. The molecule has 0 saturated heterocycles. The van der Waals surface area contributed by atoms with Crippen LogP contribution in [0.5, 0.6) is 11.5 Å². The number of rotatable bonds is 3. The summed E-state index contributed by atoms with van der Waals surface area (Å²) in [5.74, 6) is 1.60. The molecule has 2 nitrogen and oxygen atoms in total. The zero-order valence-corrected chi connectivity index (χ0v) is 10.1. The van der Waals surface area contributed by atoms with Gasteiger partial charge in [0.05, 0.1) is 6.07 Å². The summed E-state index contributed by atoms with van der Waals surface area (Å²) in [5, 5.41) is 8.70. The molecule has 2 aromatic rings. The highest BCUT2D eigenvalue weighted by Crippen LogP contribution is 2.21. The molecule has 2 heteroatoms. The van der Waals surface area contributed by atoms with Crippen LogP contribution in [-0.2, 0) is 0 Å². The predicted octanol–water partition coefficient (Wildman–Crippen LogP) is 4.41. The van der Waals surface area contributed by atoms with E-state index in [9.17, 15) is 0 Å².